The molecule has 1 amide bonds. The van der Waals surface area contributed by atoms with Gasteiger partial charge in [-0.25, -0.2) is 0 Å². The first-order valence-electron chi connectivity index (χ1n) is 8.70. The quantitative estimate of drug-likeness (QED) is 0.541. The molecule has 0 spiro atoms. The SMILES string of the molecule is CCOCCNC(=O)CCC1=N/C(=C\c2c(C)cc(C)n2B(F)F)C=C1. The first kappa shape index (κ1) is 20.1. The van der Waals surface area contributed by atoms with Crippen LogP contribution in [0.4, 0.5) is 8.63 Å². The normalized spacial score (nSPS) is 14.8. The standard InChI is InChI=1S/C18H24BF2N3O2/c1-4-26-10-9-22-18(25)8-7-15-5-6-16(23-15)12-17-13(2)11-14(3)24(17)19(20)21/h5-6,11-12H,4,7-10H2,1-3H3,(H,22,25)/b16-12-. The van der Waals surface area contributed by atoms with Gasteiger partial charge < -0.3 is 14.5 Å². The molecule has 1 aliphatic heterocycles. The molecule has 2 rings (SSSR count). The maximum Gasteiger partial charge on any atom is 0.677 e. The molecule has 1 N–H and O–H groups in total. The number of aliphatic imine (C=N–C) groups is 1. The number of nitrogens with zero attached hydrogens (tertiary/aromatic N) is 2. The summed E-state index contributed by atoms with van der Waals surface area (Å²) in [4.78, 5) is 16.2. The van der Waals surface area contributed by atoms with Gasteiger partial charge >= 0.3 is 7.40 Å². The third kappa shape index (κ3) is 5.39. The zero-order valence-electron chi connectivity index (χ0n) is 15.4. The smallest absolute Gasteiger partial charge is 0.380 e. The van der Waals surface area contributed by atoms with E-state index in [1.54, 1.807) is 32.1 Å². The van der Waals surface area contributed by atoms with Gasteiger partial charge in [0.25, 0.3) is 0 Å². The topological polar surface area (TPSA) is 55.6 Å². The number of rotatable bonds is 9. The maximum atomic E-state index is 13.2. The minimum atomic E-state index is -2.59. The number of aromatic nitrogens is 1. The second-order valence-corrected chi connectivity index (χ2v) is 6.05. The Kier molecular flexibility index (Phi) is 7.32. The molecule has 0 saturated carbocycles. The molecular weight excluding hydrogens is 339 g/mol. The van der Waals surface area contributed by atoms with Gasteiger partial charge in [-0.05, 0) is 57.0 Å². The number of allylic oxidation sites excluding steroid dienone is 2. The van der Waals surface area contributed by atoms with Gasteiger partial charge in [0.15, 0.2) is 0 Å². The van der Waals surface area contributed by atoms with Gasteiger partial charge in [0.05, 0.1) is 12.3 Å². The number of halogens is 2. The Morgan fingerprint density at radius 2 is 2.15 bits per heavy atom. The lowest BCUT2D eigenvalue weighted by Gasteiger charge is -2.06. The Labute approximate surface area is 153 Å². The fourth-order valence-electron chi connectivity index (χ4n) is 2.80. The monoisotopic (exact) mass is 363 g/mol. The average molecular weight is 363 g/mol. The van der Waals surface area contributed by atoms with E-state index >= 15 is 0 Å². The molecule has 0 atom stereocenters. The van der Waals surface area contributed by atoms with Gasteiger partial charge in [-0.2, -0.15) is 0 Å². The highest BCUT2D eigenvalue weighted by atomic mass is 19.2. The third-order valence-corrected chi connectivity index (χ3v) is 4.05. The number of hydrogen-bond donors (Lipinski definition) is 1. The summed E-state index contributed by atoms with van der Waals surface area (Å²) in [7, 11) is -2.59. The van der Waals surface area contributed by atoms with E-state index in [-0.39, 0.29) is 5.91 Å². The van der Waals surface area contributed by atoms with E-state index in [4.69, 9.17) is 4.74 Å². The second kappa shape index (κ2) is 9.47. The molecule has 0 fully saturated rings. The van der Waals surface area contributed by atoms with Crippen molar-refractivity contribution in [2.24, 2.45) is 4.99 Å². The summed E-state index contributed by atoms with van der Waals surface area (Å²) in [5.74, 6) is -0.0590. The zero-order valence-corrected chi connectivity index (χ0v) is 15.4. The largest absolute Gasteiger partial charge is 0.677 e. The van der Waals surface area contributed by atoms with Gasteiger partial charge in [0.2, 0.25) is 5.91 Å². The predicted octanol–water partition coefficient (Wildman–Crippen LogP) is 3.16. The molecule has 1 aromatic rings. The highest BCUT2D eigenvalue weighted by Gasteiger charge is 2.23. The fourth-order valence-corrected chi connectivity index (χ4v) is 2.80. The molecule has 0 saturated heterocycles. The third-order valence-electron chi connectivity index (χ3n) is 4.05. The van der Waals surface area contributed by atoms with Crippen molar-refractivity contribution in [2.75, 3.05) is 19.8 Å². The molecule has 0 radical (unpaired) electrons. The number of carbonyl (C=O) groups is 1. The van der Waals surface area contributed by atoms with Gasteiger partial charge in [0.1, 0.15) is 0 Å². The highest BCUT2D eigenvalue weighted by Crippen LogP contribution is 2.22. The maximum absolute atomic E-state index is 13.2. The first-order valence-corrected chi connectivity index (χ1v) is 8.70. The van der Waals surface area contributed by atoms with Crippen LogP contribution >= 0.6 is 0 Å². The Morgan fingerprint density at radius 1 is 1.38 bits per heavy atom. The lowest BCUT2D eigenvalue weighted by molar-refractivity contribution is -0.121. The van der Waals surface area contributed by atoms with E-state index in [2.05, 4.69) is 10.3 Å². The van der Waals surface area contributed by atoms with Crippen molar-refractivity contribution >= 4 is 25.1 Å². The summed E-state index contributed by atoms with van der Waals surface area (Å²) in [6.07, 6.45) is 6.08. The predicted molar refractivity (Wildman–Crippen MR) is 101 cm³/mol. The van der Waals surface area contributed by atoms with E-state index in [0.29, 0.717) is 49.7 Å². The van der Waals surface area contributed by atoms with Crippen molar-refractivity contribution in [3.8, 4) is 0 Å². The van der Waals surface area contributed by atoms with Crippen molar-refractivity contribution in [1.82, 2.24) is 9.79 Å². The van der Waals surface area contributed by atoms with Gasteiger partial charge in [-0.15, -0.1) is 0 Å². The van der Waals surface area contributed by atoms with Crippen LogP contribution in [0.5, 0.6) is 0 Å². The van der Waals surface area contributed by atoms with Crippen LogP contribution in [-0.2, 0) is 9.53 Å². The Balaban J connectivity index is 1.95. The molecule has 1 aliphatic rings. The van der Waals surface area contributed by atoms with Crippen molar-refractivity contribution < 1.29 is 18.2 Å². The first-order chi connectivity index (χ1) is 12.4. The van der Waals surface area contributed by atoms with Crippen LogP contribution in [0.2, 0.25) is 0 Å². The van der Waals surface area contributed by atoms with Crippen LogP contribution in [0.25, 0.3) is 6.08 Å². The highest BCUT2D eigenvalue weighted by molar-refractivity contribution is 6.41. The van der Waals surface area contributed by atoms with E-state index in [0.717, 1.165) is 15.8 Å². The van der Waals surface area contributed by atoms with Crippen molar-refractivity contribution in [3.05, 3.63) is 40.9 Å². The number of nitrogens with one attached hydrogen (secondary N) is 1. The number of carbonyl (C=O) groups excluding carboxylic acids is 1. The molecule has 0 aliphatic carbocycles. The van der Waals surface area contributed by atoms with Crippen molar-refractivity contribution in [3.63, 3.8) is 0 Å². The molecule has 5 nitrogen and oxygen atoms in total. The fraction of sp³-hybridized carbons (Fsp3) is 0.444. The van der Waals surface area contributed by atoms with Crippen molar-refractivity contribution in [2.45, 2.75) is 33.6 Å². The van der Waals surface area contributed by atoms with Gasteiger partial charge in [0, 0.05) is 36.7 Å². The summed E-state index contributed by atoms with van der Waals surface area (Å²) < 4.78 is 32.6. The van der Waals surface area contributed by atoms with Crippen LogP contribution < -0.4 is 5.32 Å². The van der Waals surface area contributed by atoms with E-state index in [1.807, 2.05) is 13.0 Å². The molecule has 1 aromatic heterocycles. The van der Waals surface area contributed by atoms with Crippen LogP contribution in [0.15, 0.2) is 28.9 Å². The van der Waals surface area contributed by atoms with Crippen LogP contribution in [0, 0.1) is 13.8 Å². The van der Waals surface area contributed by atoms with E-state index in [9.17, 15) is 13.4 Å². The summed E-state index contributed by atoms with van der Waals surface area (Å²) in [5.41, 5.74) is 3.12. The zero-order chi connectivity index (χ0) is 19.1. The average Bonchev–Trinajstić information content (AvgIpc) is 3.14. The summed E-state index contributed by atoms with van der Waals surface area (Å²) in [6, 6.07) is 1.73. The number of ether oxygens (including phenoxy) is 1. The van der Waals surface area contributed by atoms with Crippen LogP contribution in [-0.4, -0.2) is 43.3 Å². The van der Waals surface area contributed by atoms with E-state index < -0.39 is 7.40 Å². The van der Waals surface area contributed by atoms with Crippen molar-refractivity contribution in [1.29, 1.82) is 0 Å². The van der Waals surface area contributed by atoms with Gasteiger partial charge in [-0.1, -0.05) is 0 Å². The van der Waals surface area contributed by atoms with Gasteiger partial charge in [-0.3, -0.25) is 18.4 Å². The molecule has 140 valence electrons. The van der Waals surface area contributed by atoms with E-state index in [1.165, 1.54) is 0 Å². The summed E-state index contributed by atoms with van der Waals surface area (Å²) in [6.45, 7) is 6.97. The minimum Gasteiger partial charge on any atom is -0.380 e. The molecule has 0 aromatic carbocycles. The lowest BCUT2D eigenvalue weighted by Crippen LogP contribution is -2.27. The summed E-state index contributed by atoms with van der Waals surface area (Å²) in [5, 5.41) is 2.78. The number of hydrogen-bond acceptors (Lipinski definition) is 3. The minimum absolute atomic E-state index is 0.0590. The van der Waals surface area contributed by atoms with Crippen LogP contribution in [0.3, 0.4) is 0 Å². The molecule has 0 bridgehead atoms. The second-order valence-electron chi connectivity index (χ2n) is 6.05. The molecule has 0 unspecified atom stereocenters. The molecule has 8 heteroatoms. The Bertz CT molecular complexity index is 739. The van der Waals surface area contributed by atoms with Crippen LogP contribution in [0.1, 0.15) is 36.7 Å². The Morgan fingerprint density at radius 3 is 2.85 bits per heavy atom. The Hall–Kier alpha value is -2.22. The lowest BCUT2D eigenvalue weighted by atomic mass is 10.1. The molecule has 26 heavy (non-hydrogen) atoms. The molecular formula is C18H24BF2N3O2. The number of amides is 1. The summed E-state index contributed by atoms with van der Waals surface area (Å²) >= 11 is 0. The molecule has 2 heterocycles. The number of aryl methyl sites for hydroxylation is 2.